The van der Waals surface area contributed by atoms with Crippen LogP contribution in [0.3, 0.4) is 0 Å². The van der Waals surface area contributed by atoms with Crippen LogP contribution in [0.4, 0.5) is 8.78 Å². The van der Waals surface area contributed by atoms with E-state index in [0.717, 1.165) is 6.42 Å². The minimum atomic E-state index is -2.16. The molecular formula is C6H10F2O. The average Bonchev–Trinajstić information content (AvgIpc) is 2.15. The molecule has 1 nitrogen and oxygen atoms in total. The van der Waals surface area contributed by atoms with Gasteiger partial charge in [0.2, 0.25) is 6.43 Å². The van der Waals surface area contributed by atoms with Crippen LogP contribution in [0.1, 0.15) is 12.8 Å². The molecule has 0 radical (unpaired) electrons. The van der Waals surface area contributed by atoms with E-state index in [9.17, 15) is 8.78 Å². The number of halogens is 2. The largest absolute Gasteiger partial charge is 0.381 e. The SMILES string of the molecule is FC(F)CC1CCOC1. The fraction of sp³-hybridized carbons (Fsp3) is 1.00. The molecule has 3 heteroatoms. The molecule has 0 spiro atoms. The zero-order chi connectivity index (χ0) is 6.69. The van der Waals surface area contributed by atoms with Crippen molar-refractivity contribution in [1.29, 1.82) is 0 Å². The summed E-state index contributed by atoms with van der Waals surface area (Å²) >= 11 is 0. The summed E-state index contributed by atoms with van der Waals surface area (Å²) in [4.78, 5) is 0. The van der Waals surface area contributed by atoms with Crippen LogP contribution in [-0.4, -0.2) is 19.6 Å². The third kappa shape index (κ3) is 2.26. The topological polar surface area (TPSA) is 9.23 Å². The molecule has 9 heavy (non-hydrogen) atoms. The predicted molar refractivity (Wildman–Crippen MR) is 29.5 cm³/mol. The fourth-order valence-corrected chi connectivity index (χ4v) is 1.02. The van der Waals surface area contributed by atoms with Crippen LogP contribution in [0.5, 0.6) is 0 Å². The molecule has 1 rings (SSSR count). The van der Waals surface area contributed by atoms with Crippen molar-refractivity contribution in [2.45, 2.75) is 19.3 Å². The van der Waals surface area contributed by atoms with Gasteiger partial charge in [-0.1, -0.05) is 0 Å². The second-order valence-corrected chi connectivity index (χ2v) is 2.36. The van der Waals surface area contributed by atoms with E-state index in [4.69, 9.17) is 4.74 Å². The van der Waals surface area contributed by atoms with Gasteiger partial charge in [0, 0.05) is 19.6 Å². The van der Waals surface area contributed by atoms with Gasteiger partial charge < -0.3 is 4.74 Å². The molecule has 1 heterocycles. The van der Waals surface area contributed by atoms with Crippen LogP contribution < -0.4 is 0 Å². The Labute approximate surface area is 53.0 Å². The maximum absolute atomic E-state index is 11.6. The van der Waals surface area contributed by atoms with Crippen molar-refractivity contribution in [2.75, 3.05) is 13.2 Å². The van der Waals surface area contributed by atoms with Gasteiger partial charge >= 0.3 is 0 Å². The van der Waals surface area contributed by atoms with E-state index < -0.39 is 6.43 Å². The maximum Gasteiger partial charge on any atom is 0.239 e. The summed E-state index contributed by atoms with van der Waals surface area (Å²) in [5.41, 5.74) is 0. The highest BCUT2D eigenvalue weighted by Gasteiger charge is 2.19. The van der Waals surface area contributed by atoms with E-state index in [1.54, 1.807) is 0 Å². The van der Waals surface area contributed by atoms with E-state index in [1.165, 1.54) is 0 Å². The highest BCUT2D eigenvalue weighted by atomic mass is 19.3. The maximum atomic E-state index is 11.6. The number of hydrogen-bond acceptors (Lipinski definition) is 1. The Morgan fingerprint density at radius 3 is 2.78 bits per heavy atom. The van der Waals surface area contributed by atoms with Gasteiger partial charge in [0.1, 0.15) is 0 Å². The number of alkyl halides is 2. The Kier molecular flexibility index (Phi) is 2.39. The summed E-state index contributed by atoms with van der Waals surface area (Å²) in [6, 6.07) is 0. The molecule has 0 saturated carbocycles. The Hall–Kier alpha value is -0.180. The minimum Gasteiger partial charge on any atom is -0.381 e. The van der Waals surface area contributed by atoms with Crippen LogP contribution >= 0.6 is 0 Å². The zero-order valence-electron chi connectivity index (χ0n) is 5.15. The van der Waals surface area contributed by atoms with Gasteiger partial charge in [-0.2, -0.15) is 0 Å². The summed E-state index contributed by atoms with van der Waals surface area (Å²) in [5, 5.41) is 0. The molecule has 1 atom stereocenters. The molecule has 1 fully saturated rings. The lowest BCUT2D eigenvalue weighted by molar-refractivity contribution is 0.106. The summed E-state index contributed by atoms with van der Waals surface area (Å²) in [6.45, 7) is 1.20. The van der Waals surface area contributed by atoms with Crippen LogP contribution in [0.15, 0.2) is 0 Å². The van der Waals surface area contributed by atoms with E-state index in [2.05, 4.69) is 0 Å². The van der Waals surface area contributed by atoms with Crippen molar-refractivity contribution in [3.05, 3.63) is 0 Å². The lowest BCUT2D eigenvalue weighted by Crippen LogP contribution is -2.04. The van der Waals surface area contributed by atoms with Crippen molar-refractivity contribution in [1.82, 2.24) is 0 Å². The molecule has 1 aliphatic heterocycles. The van der Waals surface area contributed by atoms with Crippen molar-refractivity contribution in [2.24, 2.45) is 5.92 Å². The molecule has 0 aromatic rings. The third-order valence-electron chi connectivity index (χ3n) is 1.54. The van der Waals surface area contributed by atoms with Gasteiger partial charge in [-0.05, 0) is 12.3 Å². The van der Waals surface area contributed by atoms with Crippen molar-refractivity contribution < 1.29 is 13.5 Å². The lowest BCUT2D eigenvalue weighted by atomic mass is 10.1. The molecule has 1 aliphatic rings. The molecule has 0 aromatic heterocycles. The molecule has 0 N–H and O–H groups in total. The smallest absolute Gasteiger partial charge is 0.239 e. The van der Waals surface area contributed by atoms with Crippen LogP contribution in [0.25, 0.3) is 0 Å². The number of ether oxygens (including phenoxy) is 1. The molecule has 0 aromatic carbocycles. The quantitative estimate of drug-likeness (QED) is 0.561. The Bertz CT molecular complexity index is 79.1. The highest BCUT2D eigenvalue weighted by Crippen LogP contribution is 2.19. The first-order valence-corrected chi connectivity index (χ1v) is 3.15. The molecule has 54 valence electrons. The van der Waals surface area contributed by atoms with Crippen LogP contribution in [-0.2, 0) is 4.74 Å². The molecule has 1 unspecified atom stereocenters. The molecule has 0 aliphatic carbocycles. The Morgan fingerprint density at radius 1 is 1.56 bits per heavy atom. The third-order valence-corrected chi connectivity index (χ3v) is 1.54. The summed E-state index contributed by atoms with van der Waals surface area (Å²) in [5.74, 6) is 0.116. The second-order valence-electron chi connectivity index (χ2n) is 2.36. The standard InChI is InChI=1S/C6H10F2O/c7-6(8)3-5-1-2-9-4-5/h5-6H,1-4H2. The lowest BCUT2D eigenvalue weighted by Gasteiger charge is -2.03. The Morgan fingerprint density at radius 2 is 2.33 bits per heavy atom. The summed E-state index contributed by atoms with van der Waals surface area (Å²) in [6.07, 6.45) is -1.33. The second kappa shape index (κ2) is 3.11. The first-order chi connectivity index (χ1) is 4.29. The van der Waals surface area contributed by atoms with Crippen molar-refractivity contribution >= 4 is 0 Å². The van der Waals surface area contributed by atoms with Gasteiger partial charge in [0.25, 0.3) is 0 Å². The molecular weight excluding hydrogens is 126 g/mol. The normalized spacial score (nSPS) is 27.7. The van der Waals surface area contributed by atoms with Gasteiger partial charge in [0.15, 0.2) is 0 Å². The summed E-state index contributed by atoms with van der Waals surface area (Å²) < 4.78 is 28.2. The van der Waals surface area contributed by atoms with E-state index in [-0.39, 0.29) is 12.3 Å². The van der Waals surface area contributed by atoms with Crippen LogP contribution in [0, 0.1) is 5.92 Å². The van der Waals surface area contributed by atoms with E-state index in [0.29, 0.717) is 13.2 Å². The predicted octanol–water partition coefficient (Wildman–Crippen LogP) is 1.68. The van der Waals surface area contributed by atoms with Crippen LogP contribution in [0.2, 0.25) is 0 Å². The average molecular weight is 136 g/mol. The van der Waals surface area contributed by atoms with E-state index in [1.807, 2.05) is 0 Å². The Balaban J connectivity index is 2.11. The minimum absolute atomic E-state index is 0.0139. The number of hydrogen-bond donors (Lipinski definition) is 0. The van der Waals surface area contributed by atoms with E-state index >= 15 is 0 Å². The van der Waals surface area contributed by atoms with Gasteiger partial charge in [-0.15, -0.1) is 0 Å². The first kappa shape index (κ1) is 6.93. The van der Waals surface area contributed by atoms with Crippen molar-refractivity contribution in [3.63, 3.8) is 0 Å². The molecule has 0 amide bonds. The number of rotatable bonds is 2. The zero-order valence-corrected chi connectivity index (χ0v) is 5.15. The van der Waals surface area contributed by atoms with Gasteiger partial charge in [0.05, 0.1) is 0 Å². The first-order valence-electron chi connectivity index (χ1n) is 3.15. The van der Waals surface area contributed by atoms with Gasteiger partial charge in [-0.25, -0.2) is 8.78 Å². The highest BCUT2D eigenvalue weighted by molar-refractivity contribution is 4.64. The monoisotopic (exact) mass is 136 g/mol. The molecule has 1 saturated heterocycles. The molecule has 0 bridgehead atoms. The van der Waals surface area contributed by atoms with Gasteiger partial charge in [-0.3, -0.25) is 0 Å². The fourth-order valence-electron chi connectivity index (χ4n) is 1.02. The summed E-state index contributed by atoms with van der Waals surface area (Å²) in [7, 11) is 0. The van der Waals surface area contributed by atoms with Crippen molar-refractivity contribution in [3.8, 4) is 0 Å².